The van der Waals surface area contributed by atoms with E-state index in [-0.39, 0.29) is 21.4 Å². The fourth-order valence-corrected chi connectivity index (χ4v) is 2.01. The van der Waals surface area contributed by atoms with Gasteiger partial charge in [-0.1, -0.05) is 11.6 Å². The molecule has 1 aromatic rings. The summed E-state index contributed by atoms with van der Waals surface area (Å²) in [5.41, 5.74) is 0. The van der Waals surface area contributed by atoms with Gasteiger partial charge in [0.25, 0.3) is 9.05 Å². The van der Waals surface area contributed by atoms with Gasteiger partial charge in [0.2, 0.25) is 0 Å². The minimum Gasteiger partial charge on any atom is -0.495 e. The smallest absolute Gasteiger partial charge is 0.261 e. The molecule has 0 radical (unpaired) electrons. The van der Waals surface area contributed by atoms with Crippen molar-refractivity contribution in [1.82, 2.24) is 0 Å². The highest BCUT2D eigenvalue weighted by atomic mass is 35.7. The van der Waals surface area contributed by atoms with Crippen LogP contribution in [0.15, 0.2) is 17.0 Å². The molecule has 1 aromatic carbocycles. The average Bonchev–Trinajstić information content (AvgIpc) is 2.16. The number of hydrogen-bond acceptors (Lipinski definition) is 4. The highest BCUT2D eigenvalue weighted by molar-refractivity contribution is 8.13. The first-order valence-corrected chi connectivity index (χ1v) is 6.45. The summed E-state index contributed by atoms with van der Waals surface area (Å²) in [6.45, 7) is 0. The number of ether oxygens (including phenoxy) is 2. The molecule has 84 valence electrons. The van der Waals surface area contributed by atoms with Crippen molar-refractivity contribution in [1.29, 1.82) is 0 Å². The fraction of sp³-hybridized carbons (Fsp3) is 0.250. The van der Waals surface area contributed by atoms with Gasteiger partial charge >= 0.3 is 0 Å². The van der Waals surface area contributed by atoms with Gasteiger partial charge in [-0.25, -0.2) is 8.42 Å². The first-order chi connectivity index (χ1) is 6.90. The second-order valence-corrected chi connectivity index (χ2v) is 5.52. The van der Waals surface area contributed by atoms with Gasteiger partial charge in [-0.2, -0.15) is 0 Å². The van der Waals surface area contributed by atoms with Crippen molar-refractivity contribution in [3.8, 4) is 11.5 Å². The van der Waals surface area contributed by atoms with E-state index in [1.165, 1.54) is 26.4 Å². The Bertz CT molecular complexity index is 445. The SMILES string of the molecule is COc1cc(S(=O)(=O)Cl)cc(OC)c1Cl. The molecule has 0 unspecified atom stereocenters. The third kappa shape index (κ3) is 2.68. The van der Waals surface area contributed by atoms with Crippen LogP contribution in [0.2, 0.25) is 5.02 Å². The molecule has 0 fully saturated rings. The van der Waals surface area contributed by atoms with Crippen LogP contribution in [-0.4, -0.2) is 22.6 Å². The lowest BCUT2D eigenvalue weighted by Crippen LogP contribution is -1.96. The van der Waals surface area contributed by atoms with Crippen LogP contribution in [0, 0.1) is 0 Å². The van der Waals surface area contributed by atoms with E-state index < -0.39 is 9.05 Å². The van der Waals surface area contributed by atoms with E-state index in [9.17, 15) is 8.42 Å². The molecule has 0 heterocycles. The lowest BCUT2D eigenvalue weighted by Gasteiger charge is -2.09. The average molecular weight is 271 g/mol. The molecule has 0 bridgehead atoms. The zero-order valence-electron chi connectivity index (χ0n) is 7.95. The van der Waals surface area contributed by atoms with Crippen LogP contribution in [0.4, 0.5) is 0 Å². The molecule has 0 aliphatic rings. The van der Waals surface area contributed by atoms with Gasteiger partial charge in [0.1, 0.15) is 16.5 Å². The number of halogens is 2. The van der Waals surface area contributed by atoms with Crippen LogP contribution in [0.5, 0.6) is 11.5 Å². The summed E-state index contributed by atoms with van der Waals surface area (Å²) in [5.74, 6) is 0.380. The largest absolute Gasteiger partial charge is 0.495 e. The summed E-state index contributed by atoms with van der Waals surface area (Å²) >= 11 is 5.84. The minimum atomic E-state index is -3.83. The van der Waals surface area contributed by atoms with Crippen LogP contribution < -0.4 is 9.47 Å². The van der Waals surface area contributed by atoms with Crippen LogP contribution in [0.1, 0.15) is 0 Å². The van der Waals surface area contributed by atoms with E-state index in [2.05, 4.69) is 0 Å². The van der Waals surface area contributed by atoms with Gasteiger partial charge < -0.3 is 9.47 Å². The Morgan fingerprint density at radius 1 is 1.13 bits per heavy atom. The van der Waals surface area contributed by atoms with Crippen molar-refractivity contribution >= 4 is 31.3 Å². The second-order valence-electron chi connectivity index (χ2n) is 2.58. The van der Waals surface area contributed by atoms with Gasteiger partial charge in [-0.3, -0.25) is 0 Å². The normalized spacial score (nSPS) is 11.2. The Hall–Kier alpha value is -0.650. The van der Waals surface area contributed by atoms with Crippen molar-refractivity contribution in [3.63, 3.8) is 0 Å². The number of benzene rings is 1. The van der Waals surface area contributed by atoms with E-state index in [1.54, 1.807) is 0 Å². The first-order valence-electron chi connectivity index (χ1n) is 3.76. The van der Waals surface area contributed by atoms with Gasteiger partial charge in [-0.15, -0.1) is 0 Å². The number of rotatable bonds is 3. The maximum atomic E-state index is 11.1. The Kier molecular flexibility index (Phi) is 3.70. The maximum absolute atomic E-state index is 11.1. The summed E-state index contributed by atoms with van der Waals surface area (Å²) in [5, 5.41) is 0.198. The van der Waals surface area contributed by atoms with Crippen molar-refractivity contribution in [2.75, 3.05) is 14.2 Å². The lowest BCUT2D eigenvalue weighted by molar-refractivity contribution is 0.392. The van der Waals surface area contributed by atoms with Crippen molar-refractivity contribution < 1.29 is 17.9 Å². The molecule has 4 nitrogen and oxygen atoms in total. The molecule has 0 spiro atoms. The van der Waals surface area contributed by atoms with Crippen LogP contribution in [-0.2, 0) is 9.05 Å². The molecule has 7 heteroatoms. The maximum Gasteiger partial charge on any atom is 0.261 e. The predicted molar refractivity (Wildman–Crippen MR) is 57.6 cm³/mol. The third-order valence-corrected chi connectivity index (χ3v) is 3.41. The zero-order valence-corrected chi connectivity index (χ0v) is 10.3. The van der Waals surface area contributed by atoms with E-state index in [1.807, 2.05) is 0 Å². The van der Waals surface area contributed by atoms with Crippen LogP contribution in [0.25, 0.3) is 0 Å². The standard InChI is InChI=1S/C8H8Cl2O4S/c1-13-6-3-5(15(10,11)12)4-7(14-2)8(6)9/h3-4H,1-2H3. The summed E-state index contributed by atoms with van der Waals surface area (Å²) in [4.78, 5) is -0.123. The zero-order chi connectivity index (χ0) is 11.6. The molecule has 1 rings (SSSR count). The monoisotopic (exact) mass is 270 g/mol. The summed E-state index contributed by atoms with van der Waals surface area (Å²) in [6, 6.07) is 2.46. The van der Waals surface area contributed by atoms with E-state index >= 15 is 0 Å². The fourth-order valence-electron chi connectivity index (χ4n) is 0.986. The van der Waals surface area contributed by atoms with Crippen molar-refractivity contribution in [2.24, 2.45) is 0 Å². The number of hydrogen-bond donors (Lipinski definition) is 0. The Labute approximate surface area is 97.1 Å². The number of methoxy groups -OCH3 is 2. The predicted octanol–water partition coefficient (Wildman–Crippen LogP) is 2.28. The molecule has 0 N–H and O–H groups in total. The molecule has 0 saturated heterocycles. The van der Waals surface area contributed by atoms with Crippen LogP contribution in [0.3, 0.4) is 0 Å². The summed E-state index contributed by atoms with van der Waals surface area (Å²) in [6.07, 6.45) is 0. The van der Waals surface area contributed by atoms with Gasteiger partial charge in [0.05, 0.1) is 19.1 Å². The van der Waals surface area contributed by atoms with E-state index in [4.69, 9.17) is 31.8 Å². The van der Waals surface area contributed by atoms with Crippen molar-refractivity contribution in [3.05, 3.63) is 17.2 Å². The molecule has 0 aliphatic heterocycles. The van der Waals surface area contributed by atoms with Gasteiger partial charge in [0.15, 0.2) is 0 Å². The Morgan fingerprint density at radius 3 is 1.80 bits per heavy atom. The molecule has 0 saturated carbocycles. The molecule has 0 aliphatic carbocycles. The molecule has 15 heavy (non-hydrogen) atoms. The molecular weight excluding hydrogens is 263 g/mol. The first kappa shape index (κ1) is 12.4. The highest BCUT2D eigenvalue weighted by Gasteiger charge is 2.17. The highest BCUT2D eigenvalue weighted by Crippen LogP contribution is 2.37. The Balaban J connectivity index is 3.47. The quantitative estimate of drug-likeness (QED) is 0.791. The Morgan fingerprint density at radius 2 is 1.53 bits per heavy atom. The summed E-state index contributed by atoms with van der Waals surface area (Å²) in [7, 11) is 4.09. The molecule has 0 amide bonds. The molecule has 0 aromatic heterocycles. The lowest BCUT2D eigenvalue weighted by atomic mass is 10.3. The molecule has 0 atom stereocenters. The van der Waals surface area contributed by atoms with Gasteiger partial charge in [-0.05, 0) is 0 Å². The third-order valence-electron chi connectivity index (χ3n) is 1.70. The minimum absolute atomic E-state index is 0.123. The topological polar surface area (TPSA) is 52.6 Å². The second kappa shape index (κ2) is 4.47. The summed E-state index contributed by atoms with van der Waals surface area (Å²) < 4.78 is 32.0. The van der Waals surface area contributed by atoms with Crippen molar-refractivity contribution in [2.45, 2.75) is 4.90 Å². The molecular formula is C8H8Cl2O4S. The van der Waals surface area contributed by atoms with Crippen LogP contribution >= 0.6 is 22.3 Å². The van der Waals surface area contributed by atoms with E-state index in [0.29, 0.717) is 0 Å². The van der Waals surface area contributed by atoms with E-state index in [0.717, 1.165) is 0 Å². The van der Waals surface area contributed by atoms with Gasteiger partial charge in [0, 0.05) is 22.8 Å².